The quantitative estimate of drug-likeness (QED) is 0.862. The van der Waals surface area contributed by atoms with Gasteiger partial charge in [0.05, 0.1) is 0 Å². The van der Waals surface area contributed by atoms with Gasteiger partial charge in [0.25, 0.3) is 0 Å². The number of anilines is 1. The standard InChI is InChI=1S/C15H21FN2/c1-11(6-8-17-14-4-5-14)18-9-7-12-2-3-13(16)10-15(12)18/h2-3,10-11,14,17H,4-9H2,1H3. The minimum atomic E-state index is -0.121. The fourth-order valence-corrected chi connectivity index (χ4v) is 2.77. The third-order valence-corrected chi connectivity index (χ3v) is 4.08. The highest BCUT2D eigenvalue weighted by atomic mass is 19.1. The Hall–Kier alpha value is -1.09. The monoisotopic (exact) mass is 248 g/mol. The van der Waals surface area contributed by atoms with Crippen LogP contribution in [0, 0.1) is 5.82 Å². The first kappa shape index (κ1) is 12.0. The molecule has 0 radical (unpaired) electrons. The average molecular weight is 248 g/mol. The van der Waals surface area contributed by atoms with Gasteiger partial charge in [-0.1, -0.05) is 6.07 Å². The van der Waals surface area contributed by atoms with Crippen molar-refractivity contribution in [1.82, 2.24) is 5.32 Å². The molecule has 1 unspecified atom stereocenters. The number of rotatable bonds is 5. The molecule has 0 saturated heterocycles. The van der Waals surface area contributed by atoms with Gasteiger partial charge in [-0.2, -0.15) is 0 Å². The van der Waals surface area contributed by atoms with E-state index in [2.05, 4.69) is 17.1 Å². The highest BCUT2D eigenvalue weighted by Crippen LogP contribution is 2.31. The molecule has 1 aliphatic heterocycles. The maximum Gasteiger partial charge on any atom is 0.125 e. The van der Waals surface area contributed by atoms with Gasteiger partial charge in [-0.3, -0.25) is 0 Å². The molecule has 0 bridgehead atoms. The van der Waals surface area contributed by atoms with E-state index >= 15 is 0 Å². The Bertz CT molecular complexity index is 429. The molecule has 0 amide bonds. The van der Waals surface area contributed by atoms with Gasteiger partial charge in [0.15, 0.2) is 0 Å². The normalized spacial score (nSPS) is 20.0. The average Bonchev–Trinajstić information content (AvgIpc) is 3.07. The van der Waals surface area contributed by atoms with Gasteiger partial charge in [-0.15, -0.1) is 0 Å². The highest BCUT2D eigenvalue weighted by molar-refractivity contribution is 5.58. The van der Waals surface area contributed by atoms with Crippen molar-refractivity contribution in [1.29, 1.82) is 0 Å². The van der Waals surface area contributed by atoms with Crippen LogP contribution in [0.15, 0.2) is 18.2 Å². The highest BCUT2D eigenvalue weighted by Gasteiger charge is 2.25. The number of fused-ring (bicyclic) bond motifs is 1. The van der Waals surface area contributed by atoms with Crippen molar-refractivity contribution in [2.24, 2.45) is 0 Å². The Labute approximate surface area is 108 Å². The van der Waals surface area contributed by atoms with Crippen LogP contribution >= 0.6 is 0 Å². The van der Waals surface area contributed by atoms with Gasteiger partial charge < -0.3 is 10.2 Å². The summed E-state index contributed by atoms with van der Waals surface area (Å²) in [5.74, 6) is -0.121. The van der Waals surface area contributed by atoms with Crippen LogP contribution in [0.5, 0.6) is 0 Å². The molecule has 1 N–H and O–H groups in total. The number of hydrogen-bond donors (Lipinski definition) is 1. The van der Waals surface area contributed by atoms with E-state index in [4.69, 9.17) is 0 Å². The molecule has 1 aromatic rings. The summed E-state index contributed by atoms with van der Waals surface area (Å²) in [5.41, 5.74) is 2.40. The lowest BCUT2D eigenvalue weighted by Gasteiger charge is -2.27. The molecule has 2 aliphatic rings. The first-order valence-corrected chi connectivity index (χ1v) is 7.02. The molecule has 3 heteroatoms. The van der Waals surface area contributed by atoms with Gasteiger partial charge in [-0.25, -0.2) is 4.39 Å². The van der Waals surface area contributed by atoms with E-state index in [1.165, 1.54) is 18.4 Å². The predicted molar refractivity (Wildman–Crippen MR) is 72.6 cm³/mol. The van der Waals surface area contributed by atoms with E-state index in [0.717, 1.165) is 37.7 Å². The zero-order chi connectivity index (χ0) is 12.5. The van der Waals surface area contributed by atoms with Crippen LogP contribution in [0.3, 0.4) is 0 Å². The van der Waals surface area contributed by atoms with Crippen LogP contribution in [-0.4, -0.2) is 25.2 Å². The van der Waals surface area contributed by atoms with E-state index in [1.54, 1.807) is 12.1 Å². The smallest absolute Gasteiger partial charge is 0.125 e. The van der Waals surface area contributed by atoms with Crippen LogP contribution in [0.2, 0.25) is 0 Å². The molecule has 1 saturated carbocycles. The summed E-state index contributed by atoms with van der Waals surface area (Å²) >= 11 is 0. The second kappa shape index (κ2) is 4.88. The zero-order valence-corrected chi connectivity index (χ0v) is 11.0. The molecule has 1 aliphatic carbocycles. The predicted octanol–water partition coefficient (Wildman–Crippen LogP) is 2.72. The fourth-order valence-electron chi connectivity index (χ4n) is 2.77. The first-order valence-electron chi connectivity index (χ1n) is 7.02. The summed E-state index contributed by atoms with van der Waals surface area (Å²) in [7, 11) is 0. The summed E-state index contributed by atoms with van der Waals surface area (Å²) in [5, 5.41) is 3.55. The molecule has 3 rings (SSSR count). The van der Waals surface area contributed by atoms with E-state index < -0.39 is 0 Å². The Balaban J connectivity index is 1.61. The van der Waals surface area contributed by atoms with Crippen molar-refractivity contribution in [3.63, 3.8) is 0 Å². The van der Waals surface area contributed by atoms with Gasteiger partial charge >= 0.3 is 0 Å². The second-order valence-corrected chi connectivity index (χ2v) is 5.58. The third-order valence-electron chi connectivity index (χ3n) is 4.08. The van der Waals surface area contributed by atoms with Crippen molar-refractivity contribution in [3.8, 4) is 0 Å². The topological polar surface area (TPSA) is 15.3 Å². The van der Waals surface area contributed by atoms with Gasteiger partial charge in [0, 0.05) is 24.3 Å². The van der Waals surface area contributed by atoms with Gasteiger partial charge in [-0.05, 0) is 56.8 Å². The zero-order valence-electron chi connectivity index (χ0n) is 11.0. The molecule has 18 heavy (non-hydrogen) atoms. The SMILES string of the molecule is CC(CCNC1CC1)N1CCc2ccc(F)cc21. The Morgan fingerprint density at radius 1 is 1.44 bits per heavy atom. The second-order valence-electron chi connectivity index (χ2n) is 5.58. The van der Waals surface area contributed by atoms with Crippen LogP contribution in [0.1, 0.15) is 31.7 Å². The molecule has 0 spiro atoms. The third kappa shape index (κ3) is 2.51. The molecule has 1 aromatic carbocycles. The summed E-state index contributed by atoms with van der Waals surface area (Å²) < 4.78 is 13.3. The fraction of sp³-hybridized carbons (Fsp3) is 0.600. The van der Waals surface area contributed by atoms with E-state index in [-0.39, 0.29) is 5.82 Å². The lowest BCUT2D eigenvalue weighted by Crippen LogP contribution is -2.34. The summed E-state index contributed by atoms with van der Waals surface area (Å²) in [6, 6.07) is 6.45. The maximum absolute atomic E-state index is 13.3. The summed E-state index contributed by atoms with van der Waals surface area (Å²) in [6.45, 7) is 4.35. The Morgan fingerprint density at radius 2 is 2.28 bits per heavy atom. The lowest BCUT2D eigenvalue weighted by atomic mass is 10.1. The van der Waals surface area contributed by atoms with Crippen LogP contribution < -0.4 is 10.2 Å². The number of nitrogens with zero attached hydrogens (tertiary/aromatic N) is 1. The number of benzene rings is 1. The molecule has 98 valence electrons. The summed E-state index contributed by atoms with van der Waals surface area (Å²) in [4.78, 5) is 2.35. The van der Waals surface area contributed by atoms with Crippen LogP contribution in [0.25, 0.3) is 0 Å². The van der Waals surface area contributed by atoms with E-state index in [0.29, 0.717) is 6.04 Å². The largest absolute Gasteiger partial charge is 0.368 e. The Morgan fingerprint density at radius 3 is 3.06 bits per heavy atom. The van der Waals surface area contributed by atoms with Crippen molar-refractivity contribution >= 4 is 5.69 Å². The van der Waals surface area contributed by atoms with Crippen molar-refractivity contribution in [3.05, 3.63) is 29.6 Å². The number of nitrogens with one attached hydrogen (secondary N) is 1. The molecular formula is C15H21FN2. The van der Waals surface area contributed by atoms with E-state index in [9.17, 15) is 4.39 Å². The first-order chi connectivity index (χ1) is 8.74. The molecule has 1 atom stereocenters. The number of halogens is 1. The molecular weight excluding hydrogens is 227 g/mol. The minimum Gasteiger partial charge on any atom is -0.368 e. The molecule has 2 nitrogen and oxygen atoms in total. The van der Waals surface area contributed by atoms with E-state index in [1.807, 2.05) is 6.07 Å². The van der Waals surface area contributed by atoms with Crippen LogP contribution in [0.4, 0.5) is 10.1 Å². The van der Waals surface area contributed by atoms with Crippen LogP contribution in [-0.2, 0) is 6.42 Å². The Kier molecular flexibility index (Phi) is 3.25. The maximum atomic E-state index is 13.3. The van der Waals surface area contributed by atoms with Crippen molar-refractivity contribution < 1.29 is 4.39 Å². The summed E-state index contributed by atoms with van der Waals surface area (Å²) in [6.07, 6.45) is 4.86. The molecule has 1 fully saturated rings. The lowest BCUT2D eigenvalue weighted by molar-refractivity contribution is 0.554. The van der Waals surface area contributed by atoms with Gasteiger partial charge in [0.2, 0.25) is 0 Å². The minimum absolute atomic E-state index is 0.121. The molecule has 1 heterocycles. The van der Waals surface area contributed by atoms with Crippen molar-refractivity contribution in [2.45, 2.75) is 44.7 Å². The van der Waals surface area contributed by atoms with Crippen molar-refractivity contribution in [2.75, 3.05) is 18.0 Å². The number of hydrogen-bond acceptors (Lipinski definition) is 2. The van der Waals surface area contributed by atoms with Gasteiger partial charge in [0.1, 0.15) is 5.82 Å². The molecule has 0 aromatic heterocycles.